The molecule has 4 aromatic carbocycles. The second-order valence-corrected chi connectivity index (χ2v) is 8.77. The first-order chi connectivity index (χ1) is 16.5. The molecular formula is C28H27N3O2S. The molecule has 0 fully saturated rings. The smallest absolute Gasteiger partial charge is 0.253 e. The Labute approximate surface area is 204 Å². The molecule has 0 aliphatic carbocycles. The molecule has 0 aliphatic rings. The highest BCUT2D eigenvalue weighted by atomic mass is 32.2. The normalized spacial score (nSPS) is 10.4. The molecule has 0 unspecified atom stereocenters. The van der Waals surface area contributed by atoms with Gasteiger partial charge in [0.2, 0.25) is 0 Å². The maximum Gasteiger partial charge on any atom is 0.253 e. The Balaban J connectivity index is 1.53. The number of para-hydroxylation sites is 1. The van der Waals surface area contributed by atoms with Gasteiger partial charge in [-0.05, 0) is 77.7 Å². The van der Waals surface area contributed by atoms with Gasteiger partial charge in [-0.25, -0.2) is 0 Å². The Morgan fingerprint density at radius 2 is 1.47 bits per heavy atom. The Kier molecular flexibility index (Phi) is 7.40. The Bertz CT molecular complexity index is 1280. The number of nitrogens with one attached hydrogen (secondary N) is 2. The molecule has 0 saturated heterocycles. The summed E-state index contributed by atoms with van der Waals surface area (Å²) in [4.78, 5) is 14.9. The highest BCUT2D eigenvalue weighted by Gasteiger charge is 2.11. The van der Waals surface area contributed by atoms with Crippen LogP contribution in [0, 0.1) is 0 Å². The Hall–Kier alpha value is -3.90. The fraction of sp³-hybridized carbons (Fsp3) is 0.107. The predicted octanol–water partition coefficient (Wildman–Crippen LogP) is 6.93. The first-order valence-electron chi connectivity index (χ1n) is 10.9. The quantitative estimate of drug-likeness (QED) is 0.274. The number of nitrogens with zero attached hydrogens (tertiary/aromatic N) is 1. The van der Waals surface area contributed by atoms with E-state index in [-0.39, 0.29) is 5.91 Å². The highest BCUT2D eigenvalue weighted by molar-refractivity contribution is 8.00. The molecule has 1 amide bonds. The van der Waals surface area contributed by atoms with Crippen LogP contribution >= 0.6 is 11.9 Å². The van der Waals surface area contributed by atoms with E-state index >= 15 is 0 Å². The summed E-state index contributed by atoms with van der Waals surface area (Å²) >= 11 is 1.49. The number of rotatable bonds is 8. The summed E-state index contributed by atoms with van der Waals surface area (Å²) in [6, 6.07) is 31.9. The average Bonchev–Trinajstić information content (AvgIpc) is 2.87. The van der Waals surface area contributed by atoms with Crippen LogP contribution in [0.15, 0.2) is 102 Å². The van der Waals surface area contributed by atoms with Gasteiger partial charge in [0.25, 0.3) is 5.91 Å². The molecule has 6 heteroatoms. The number of methoxy groups -OCH3 is 1. The molecule has 0 radical (unpaired) electrons. The third kappa shape index (κ3) is 5.71. The van der Waals surface area contributed by atoms with E-state index in [1.807, 2.05) is 84.9 Å². The summed E-state index contributed by atoms with van der Waals surface area (Å²) in [6.07, 6.45) is 0. The highest BCUT2D eigenvalue weighted by Crippen LogP contribution is 2.35. The minimum absolute atomic E-state index is 0.0179. The molecule has 2 N–H and O–H groups in total. The van der Waals surface area contributed by atoms with Crippen molar-refractivity contribution in [1.82, 2.24) is 4.90 Å². The zero-order valence-corrected chi connectivity index (χ0v) is 20.2. The van der Waals surface area contributed by atoms with Crippen LogP contribution in [0.25, 0.3) is 11.1 Å². The van der Waals surface area contributed by atoms with Crippen molar-refractivity contribution in [2.45, 2.75) is 4.90 Å². The third-order valence-corrected chi connectivity index (χ3v) is 6.09. The van der Waals surface area contributed by atoms with Gasteiger partial charge in [-0.2, -0.15) is 0 Å². The zero-order chi connectivity index (χ0) is 23.9. The molecule has 0 bridgehead atoms. The summed E-state index contributed by atoms with van der Waals surface area (Å²) in [7, 11) is 5.18. The second-order valence-electron chi connectivity index (χ2n) is 7.92. The lowest BCUT2D eigenvalue weighted by Crippen LogP contribution is -2.21. The Morgan fingerprint density at radius 1 is 0.765 bits per heavy atom. The molecule has 0 atom stereocenters. The fourth-order valence-corrected chi connectivity index (χ4v) is 4.28. The first-order valence-corrected chi connectivity index (χ1v) is 11.7. The molecule has 0 aliphatic heterocycles. The van der Waals surface area contributed by atoms with Crippen LogP contribution in [0.2, 0.25) is 0 Å². The number of carbonyl (C=O) groups excluding carboxylic acids is 1. The van der Waals surface area contributed by atoms with Crippen LogP contribution in [0.1, 0.15) is 10.4 Å². The molecule has 5 nitrogen and oxygen atoms in total. The molecule has 4 aromatic rings. The third-order valence-electron chi connectivity index (χ3n) is 5.22. The predicted molar refractivity (Wildman–Crippen MR) is 142 cm³/mol. The van der Waals surface area contributed by atoms with Crippen molar-refractivity contribution in [1.29, 1.82) is 0 Å². The number of ether oxygens (including phenoxy) is 1. The summed E-state index contributed by atoms with van der Waals surface area (Å²) < 4.78 is 9.01. The lowest BCUT2D eigenvalue weighted by molar-refractivity contribution is 0.0827. The van der Waals surface area contributed by atoms with Gasteiger partial charge in [0, 0.05) is 36.7 Å². The minimum atomic E-state index is -0.0179. The van der Waals surface area contributed by atoms with Crippen molar-refractivity contribution < 1.29 is 9.53 Å². The molecule has 0 aromatic heterocycles. The average molecular weight is 470 g/mol. The van der Waals surface area contributed by atoms with Gasteiger partial charge in [0.05, 0.1) is 12.0 Å². The van der Waals surface area contributed by atoms with E-state index in [0.29, 0.717) is 5.56 Å². The summed E-state index contributed by atoms with van der Waals surface area (Å²) in [5.74, 6) is 0.760. The molecule has 172 valence electrons. The van der Waals surface area contributed by atoms with Crippen molar-refractivity contribution in [3.05, 3.63) is 103 Å². The molecule has 0 spiro atoms. The standard InChI is InChI=1S/C28H27N3O2S/c1-31(2)28(32)22-10-7-9-20(17-22)21-15-16-26(33-3)27(18-21)34-30-25-14-8-13-24(19-25)29-23-11-5-4-6-12-23/h4-19,29-30H,1-3H3. The van der Waals surface area contributed by atoms with Gasteiger partial charge >= 0.3 is 0 Å². The van der Waals surface area contributed by atoms with E-state index in [0.717, 1.165) is 38.8 Å². The lowest BCUT2D eigenvalue weighted by atomic mass is 10.0. The van der Waals surface area contributed by atoms with Crippen molar-refractivity contribution in [3.8, 4) is 16.9 Å². The lowest BCUT2D eigenvalue weighted by Gasteiger charge is -2.14. The molecule has 4 rings (SSSR count). The van der Waals surface area contributed by atoms with E-state index in [2.05, 4.69) is 22.2 Å². The van der Waals surface area contributed by atoms with Crippen LogP contribution in [0.4, 0.5) is 17.1 Å². The molecular weight excluding hydrogens is 442 g/mol. The van der Waals surface area contributed by atoms with Gasteiger partial charge in [-0.15, -0.1) is 0 Å². The van der Waals surface area contributed by atoms with E-state index in [1.165, 1.54) is 11.9 Å². The summed E-state index contributed by atoms with van der Waals surface area (Å²) in [5.41, 5.74) is 5.66. The maximum absolute atomic E-state index is 12.4. The topological polar surface area (TPSA) is 53.6 Å². The number of hydrogen-bond donors (Lipinski definition) is 2. The van der Waals surface area contributed by atoms with Crippen molar-refractivity contribution >= 4 is 34.9 Å². The second kappa shape index (κ2) is 10.8. The van der Waals surface area contributed by atoms with Crippen LogP contribution in [0.5, 0.6) is 5.75 Å². The van der Waals surface area contributed by atoms with Gasteiger partial charge in [-0.1, -0.05) is 42.5 Å². The zero-order valence-electron chi connectivity index (χ0n) is 19.4. The van der Waals surface area contributed by atoms with E-state index in [9.17, 15) is 4.79 Å². The van der Waals surface area contributed by atoms with Crippen LogP contribution < -0.4 is 14.8 Å². The van der Waals surface area contributed by atoms with Gasteiger partial charge in [-0.3, -0.25) is 4.79 Å². The van der Waals surface area contributed by atoms with Gasteiger partial charge in [0.1, 0.15) is 5.75 Å². The SMILES string of the molecule is COc1ccc(-c2cccc(C(=O)N(C)C)c2)cc1SNc1cccc(Nc2ccccc2)c1. The first kappa shape index (κ1) is 23.3. The largest absolute Gasteiger partial charge is 0.496 e. The van der Waals surface area contributed by atoms with Crippen molar-refractivity contribution in [2.75, 3.05) is 31.2 Å². The number of carbonyl (C=O) groups is 1. The van der Waals surface area contributed by atoms with Crippen LogP contribution in [0.3, 0.4) is 0 Å². The molecule has 34 heavy (non-hydrogen) atoms. The maximum atomic E-state index is 12.4. The van der Waals surface area contributed by atoms with E-state index in [4.69, 9.17) is 4.74 Å². The number of anilines is 3. The summed E-state index contributed by atoms with van der Waals surface area (Å²) in [5, 5.41) is 3.41. The van der Waals surface area contributed by atoms with E-state index in [1.54, 1.807) is 26.1 Å². The molecule has 0 saturated carbocycles. The van der Waals surface area contributed by atoms with Crippen LogP contribution in [-0.4, -0.2) is 32.0 Å². The summed E-state index contributed by atoms with van der Waals surface area (Å²) in [6.45, 7) is 0. The number of hydrogen-bond acceptors (Lipinski definition) is 5. The molecule has 0 heterocycles. The van der Waals surface area contributed by atoms with Gasteiger partial charge in [0.15, 0.2) is 0 Å². The van der Waals surface area contributed by atoms with Crippen molar-refractivity contribution in [3.63, 3.8) is 0 Å². The monoisotopic (exact) mass is 469 g/mol. The van der Waals surface area contributed by atoms with Crippen molar-refractivity contribution in [2.24, 2.45) is 0 Å². The minimum Gasteiger partial charge on any atom is -0.496 e. The fourth-order valence-electron chi connectivity index (χ4n) is 3.49. The van der Waals surface area contributed by atoms with Crippen LogP contribution in [-0.2, 0) is 0 Å². The number of benzene rings is 4. The van der Waals surface area contributed by atoms with Gasteiger partial charge < -0.3 is 19.7 Å². The van der Waals surface area contributed by atoms with E-state index < -0.39 is 0 Å². The Morgan fingerprint density at radius 3 is 2.24 bits per heavy atom. The number of amides is 1.